The monoisotopic (exact) mass is 346 g/mol. The predicted molar refractivity (Wildman–Crippen MR) is 90.2 cm³/mol. The smallest absolute Gasteiger partial charge is 0.255 e. The van der Waals surface area contributed by atoms with E-state index in [9.17, 15) is 9.59 Å². The third-order valence-electron chi connectivity index (χ3n) is 3.47. The van der Waals surface area contributed by atoms with Crippen LogP contribution < -0.4 is 20.1 Å². The number of rotatable bonds is 3. The molecule has 124 valence electrons. The van der Waals surface area contributed by atoms with Crippen molar-refractivity contribution in [1.29, 1.82) is 0 Å². The van der Waals surface area contributed by atoms with Crippen LogP contribution in [0.5, 0.6) is 11.5 Å². The van der Waals surface area contributed by atoms with Crippen LogP contribution in [0.1, 0.15) is 20.7 Å². The van der Waals surface area contributed by atoms with Gasteiger partial charge in [-0.25, -0.2) is 0 Å². The van der Waals surface area contributed by atoms with E-state index in [1.165, 1.54) is 6.07 Å². The lowest BCUT2D eigenvalue weighted by atomic mass is 10.1. The second kappa shape index (κ2) is 6.80. The Bertz CT molecular complexity index is 807. The zero-order valence-electron chi connectivity index (χ0n) is 12.9. The van der Waals surface area contributed by atoms with Crippen molar-refractivity contribution >= 4 is 29.1 Å². The number of hydrogen-bond acceptors (Lipinski definition) is 4. The first-order chi connectivity index (χ1) is 11.6. The van der Waals surface area contributed by atoms with Crippen molar-refractivity contribution in [2.24, 2.45) is 0 Å². The molecule has 0 atom stereocenters. The van der Waals surface area contributed by atoms with E-state index in [0.717, 1.165) is 0 Å². The molecule has 0 radical (unpaired) electrons. The van der Waals surface area contributed by atoms with E-state index < -0.39 is 0 Å². The van der Waals surface area contributed by atoms with E-state index in [0.29, 0.717) is 46.5 Å². The second-order valence-electron chi connectivity index (χ2n) is 5.10. The highest BCUT2D eigenvalue weighted by molar-refractivity contribution is 6.32. The summed E-state index contributed by atoms with van der Waals surface area (Å²) in [6.07, 6.45) is 0. The van der Waals surface area contributed by atoms with Crippen molar-refractivity contribution in [1.82, 2.24) is 5.32 Å². The summed E-state index contributed by atoms with van der Waals surface area (Å²) in [7, 11) is 1.55. The highest BCUT2D eigenvalue weighted by Crippen LogP contribution is 2.38. The molecule has 1 heterocycles. The molecule has 0 saturated carbocycles. The highest BCUT2D eigenvalue weighted by atomic mass is 35.5. The third-order valence-corrected chi connectivity index (χ3v) is 3.75. The number of carbonyl (C=O) groups excluding carboxylic acids is 2. The van der Waals surface area contributed by atoms with E-state index in [-0.39, 0.29) is 11.8 Å². The SMILES string of the molecule is CNC(=O)c1cccc(NC(=O)c2cc(Cl)c3c(c2)OCCO3)c1. The van der Waals surface area contributed by atoms with Gasteiger partial charge in [0, 0.05) is 23.9 Å². The van der Waals surface area contributed by atoms with E-state index in [1.807, 2.05) is 0 Å². The number of ether oxygens (including phenoxy) is 2. The maximum atomic E-state index is 12.4. The summed E-state index contributed by atoms with van der Waals surface area (Å²) < 4.78 is 10.9. The van der Waals surface area contributed by atoms with Crippen molar-refractivity contribution in [3.8, 4) is 11.5 Å². The van der Waals surface area contributed by atoms with Gasteiger partial charge in [-0.15, -0.1) is 0 Å². The zero-order valence-corrected chi connectivity index (χ0v) is 13.6. The summed E-state index contributed by atoms with van der Waals surface area (Å²) in [5.74, 6) is 0.301. The Kier molecular flexibility index (Phi) is 4.57. The van der Waals surface area contributed by atoms with Crippen LogP contribution >= 0.6 is 11.6 Å². The lowest BCUT2D eigenvalue weighted by molar-refractivity contribution is 0.0961. The van der Waals surface area contributed by atoms with Crippen LogP contribution in [0.15, 0.2) is 36.4 Å². The maximum Gasteiger partial charge on any atom is 0.255 e. The summed E-state index contributed by atoms with van der Waals surface area (Å²) in [5, 5.41) is 5.59. The predicted octanol–water partition coefficient (Wildman–Crippen LogP) is 2.72. The Morgan fingerprint density at radius 1 is 1.04 bits per heavy atom. The fraction of sp³-hybridized carbons (Fsp3) is 0.176. The summed E-state index contributed by atoms with van der Waals surface area (Å²) >= 11 is 6.14. The molecule has 0 unspecified atom stereocenters. The molecule has 2 aromatic carbocycles. The van der Waals surface area contributed by atoms with Crippen LogP contribution in [0.4, 0.5) is 5.69 Å². The van der Waals surface area contributed by atoms with E-state index >= 15 is 0 Å². The Labute approximate surface area is 143 Å². The number of hydrogen-bond donors (Lipinski definition) is 2. The van der Waals surface area contributed by atoms with Crippen molar-refractivity contribution in [2.75, 3.05) is 25.6 Å². The first-order valence-electron chi connectivity index (χ1n) is 7.31. The van der Waals surface area contributed by atoms with Crippen molar-refractivity contribution in [2.45, 2.75) is 0 Å². The Hall–Kier alpha value is -2.73. The summed E-state index contributed by atoms with van der Waals surface area (Å²) in [5.41, 5.74) is 1.30. The number of amides is 2. The Morgan fingerprint density at radius 2 is 1.83 bits per heavy atom. The number of carbonyl (C=O) groups is 2. The molecule has 2 amide bonds. The molecule has 0 aromatic heterocycles. The first-order valence-corrected chi connectivity index (χ1v) is 7.69. The molecular weight excluding hydrogens is 332 g/mol. The Morgan fingerprint density at radius 3 is 2.62 bits per heavy atom. The number of fused-ring (bicyclic) bond motifs is 1. The molecule has 2 N–H and O–H groups in total. The number of anilines is 1. The van der Waals surface area contributed by atoms with E-state index in [4.69, 9.17) is 21.1 Å². The van der Waals surface area contributed by atoms with Gasteiger partial charge in [0.05, 0.1) is 5.02 Å². The van der Waals surface area contributed by atoms with Crippen LogP contribution in [0.3, 0.4) is 0 Å². The summed E-state index contributed by atoms with van der Waals surface area (Å²) in [4.78, 5) is 24.1. The largest absolute Gasteiger partial charge is 0.486 e. The summed E-state index contributed by atoms with van der Waals surface area (Å²) in [6.45, 7) is 0.827. The lowest BCUT2D eigenvalue weighted by Crippen LogP contribution is -2.19. The fourth-order valence-electron chi connectivity index (χ4n) is 2.33. The van der Waals surface area contributed by atoms with Gasteiger partial charge < -0.3 is 20.1 Å². The van der Waals surface area contributed by atoms with Crippen LogP contribution in [-0.2, 0) is 0 Å². The van der Waals surface area contributed by atoms with Crippen LogP contribution in [0, 0.1) is 0 Å². The number of benzene rings is 2. The van der Waals surface area contributed by atoms with Crippen LogP contribution in [-0.4, -0.2) is 32.1 Å². The lowest BCUT2D eigenvalue weighted by Gasteiger charge is -2.20. The quantitative estimate of drug-likeness (QED) is 0.896. The minimum Gasteiger partial charge on any atom is -0.486 e. The molecule has 6 nitrogen and oxygen atoms in total. The summed E-state index contributed by atoms with van der Waals surface area (Å²) in [6, 6.07) is 9.75. The third kappa shape index (κ3) is 3.28. The molecule has 0 bridgehead atoms. The maximum absolute atomic E-state index is 12.4. The Balaban J connectivity index is 1.83. The first kappa shape index (κ1) is 16.1. The second-order valence-corrected chi connectivity index (χ2v) is 5.50. The van der Waals surface area contributed by atoms with Gasteiger partial charge >= 0.3 is 0 Å². The molecule has 1 aliphatic heterocycles. The molecule has 3 rings (SSSR count). The van der Waals surface area contributed by atoms with Crippen molar-refractivity contribution in [3.05, 3.63) is 52.5 Å². The molecular formula is C17H15ClN2O4. The normalized spacial score (nSPS) is 12.4. The standard InChI is InChI=1S/C17H15ClN2O4/c1-19-16(21)10-3-2-4-12(7-10)20-17(22)11-8-13(18)15-14(9-11)23-5-6-24-15/h2-4,7-9H,5-6H2,1H3,(H,19,21)(H,20,22). The minimum atomic E-state index is -0.358. The van der Waals surface area contributed by atoms with Gasteiger partial charge in [-0.2, -0.15) is 0 Å². The van der Waals surface area contributed by atoms with Crippen LogP contribution in [0.25, 0.3) is 0 Å². The zero-order chi connectivity index (χ0) is 17.1. The fourth-order valence-corrected chi connectivity index (χ4v) is 2.59. The van der Waals surface area contributed by atoms with Crippen molar-refractivity contribution < 1.29 is 19.1 Å². The van der Waals surface area contributed by atoms with E-state index in [2.05, 4.69) is 10.6 Å². The molecule has 24 heavy (non-hydrogen) atoms. The topological polar surface area (TPSA) is 76.7 Å². The molecule has 2 aromatic rings. The van der Waals surface area contributed by atoms with Gasteiger partial charge in [-0.05, 0) is 30.3 Å². The van der Waals surface area contributed by atoms with Gasteiger partial charge in [0.25, 0.3) is 11.8 Å². The molecule has 0 aliphatic carbocycles. The van der Waals surface area contributed by atoms with Gasteiger partial charge in [-0.1, -0.05) is 17.7 Å². The highest BCUT2D eigenvalue weighted by Gasteiger charge is 2.19. The molecule has 1 aliphatic rings. The van der Waals surface area contributed by atoms with Crippen molar-refractivity contribution in [3.63, 3.8) is 0 Å². The van der Waals surface area contributed by atoms with Gasteiger partial charge in [0.2, 0.25) is 0 Å². The molecule has 7 heteroatoms. The van der Waals surface area contributed by atoms with Gasteiger partial charge in [-0.3, -0.25) is 9.59 Å². The average Bonchev–Trinajstić information content (AvgIpc) is 2.61. The van der Waals surface area contributed by atoms with Gasteiger partial charge in [0.1, 0.15) is 13.2 Å². The molecule has 0 spiro atoms. The molecule has 0 fully saturated rings. The van der Waals surface area contributed by atoms with E-state index in [1.54, 1.807) is 37.4 Å². The number of nitrogens with one attached hydrogen (secondary N) is 2. The van der Waals surface area contributed by atoms with Crippen LogP contribution in [0.2, 0.25) is 5.02 Å². The minimum absolute atomic E-state index is 0.228. The van der Waals surface area contributed by atoms with Gasteiger partial charge in [0.15, 0.2) is 11.5 Å². The average molecular weight is 347 g/mol. The number of halogens is 1. The molecule has 0 saturated heterocycles.